The van der Waals surface area contributed by atoms with Crippen molar-refractivity contribution in [2.45, 2.75) is 76.0 Å². The Bertz CT molecular complexity index is 2410. The lowest BCUT2D eigenvalue weighted by Crippen LogP contribution is -2.31. The second kappa shape index (κ2) is 19.6. The maximum absolute atomic E-state index is 12.2. The number of carbonyl (C=O) groups is 1. The largest absolute Gasteiger partial charge is 0.748 e. The molecule has 0 radical (unpaired) electrons. The van der Waals surface area contributed by atoms with E-state index in [0.29, 0.717) is 41.6 Å². The Morgan fingerprint density at radius 3 is 2.19 bits per heavy atom. The molecule has 0 amide bonds. The highest BCUT2D eigenvalue weighted by Crippen LogP contribution is 2.51. The van der Waals surface area contributed by atoms with E-state index in [1.54, 1.807) is 25.2 Å². The van der Waals surface area contributed by atoms with Crippen molar-refractivity contribution in [2.75, 3.05) is 62.5 Å². The van der Waals surface area contributed by atoms with E-state index in [0.717, 1.165) is 16.5 Å². The second-order valence-electron chi connectivity index (χ2n) is 15.4. The molecular weight excluding hydrogens is 829 g/mol. The molecule has 1 N–H and O–H groups in total. The summed E-state index contributed by atoms with van der Waals surface area (Å²) in [7, 11) is -13.8. The SMILES string of the molecule is CC[N+](CCCS(=O)(=O)[O-])=c1ccc2c(C(C)(C)C)cc(/C=C/C=C3/N(CCOCCOCCC(=O)O)c4ccc(S(=O)(=O)[O-])cc4C3(C)CCCS(=O)(=O)[O-])oc-2c1. The van der Waals surface area contributed by atoms with Gasteiger partial charge in [0.05, 0.1) is 64.0 Å². The number of carboxylic acids is 1. The first-order valence-corrected chi connectivity index (χ1v) is 23.7. The molecule has 0 saturated heterocycles. The molecule has 0 bridgehead atoms. The molecule has 0 spiro atoms. The Morgan fingerprint density at radius 1 is 0.915 bits per heavy atom. The van der Waals surface area contributed by atoms with Crippen LogP contribution >= 0.6 is 0 Å². The lowest BCUT2D eigenvalue weighted by atomic mass is 9.77. The zero-order valence-electron chi connectivity index (χ0n) is 33.8. The van der Waals surface area contributed by atoms with Gasteiger partial charge in [0.25, 0.3) is 0 Å². The highest BCUT2D eigenvalue weighted by molar-refractivity contribution is 7.86. The number of nitrogens with zero attached hydrogens (tertiary/aromatic N) is 2. The van der Waals surface area contributed by atoms with Crippen molar-refractivity contribution in [1.82, 2.24) is 4.58 Å². The molecule has 326 valence electrons. The zero-order chi connectivity index (χ0) is 43.8. The number of rotatable bonds is 21. The van der Waals surface area contributed by atoms with Crippen molar-refractivity contribution in [3.8, 4) is 11.3 Å². The monoisotopic (exact) mass is 880 g/mol. The summed E-state index contributed by atoms with van der Waals surface area (Å²) in [5.41, 5.74) is 2.04. The highest BCUT2D eigenvalue weighted by Gasteiger charge is 2.43. The summed E-state index contributed by atoms with van der Waals surface area (Å²) in [5.74, 6) is -1.09. The number of hydrogen-bond donors (Lipinski definition) is 1. The van der Waals surface area contributed by atoms with Crippen LogP contribution in [0, 0.1) is 0 Å². The van der Waals surface area contributed by atoms with E-state index >= 15 is 0 Å². The molecule has 1 aliphatic carbocycles. The highest BCUT2D eigenvalue weighted by atomic mass is 32.2. The van der Waals surface area contributed by atoms with E-state index in [1.807, 2.05) is 40.7 Å². The molecule has 1 atom stereocenters. The van der Waals surface area contributed by atoms with Gasteiger partial charge in [0.2, 0.25) is 5.36 Å². The van der Waals surface area contributed by atoms with Crippen LogP contribution < -0.4 is 14.8 Å². The molecule has 59 heavy (non-hydrogen) atoms. The summed E-state index contributed by atoms with van der Waals surface area (Å²) >= 11 is 0. The topological polar surface area (TPSA) is 247 Å². The van der Waals surface area contributed by atoms with E-state index < -0.39 is 58.1 Å². The third kappa shape index (κ3) is 13.5. The van der Waals surface area contributed by atoms with Crippen LogP contribution in [0.3, 0.4) is 0 Å². The summed E-state index contributed by atoms with van der Waals surface area (Å²) in [5, 5.41) is 9.60. The van der Waals surface area contributed by atoms with Gasteiger partial charge in [-0.25, -0.2) is 29.8 Å². The Labute approximate surface area is 346 Å². The Kier molecular flexibility index (Phi) is 15.9. The van der Waals surface area contributed by atoms with E-state index in [1.165, 1.54) is 18.2 Å². The van der Waals surface area contributed by atoms with Crippen molar-refractivity contribution in [3.05, 3.63) is 82.6 Å². The minimum Gasteiger partial charge on any atom is -0.748 e. The molecule has 0 fully saturated rings. The smallest absolute Gasteiger partial charge is 0.305 e. The first-order valence-electron chi connectivity index (χ1n) is 19.1. The van der Waals surface area contributed by atoms with Gasteiger partial charge < -0.3 is 37.6 Å². The standard InChI is InChI=1S/C40H54N2O14S3/c1-6-41(18-9-25-58(48,49)50)29-12-14-32-33(39(2,3)4)27-30(56-36(32)26-29)10-7-11-37-40(5,17-8-24-57(45,46)47)34-28-31(59(51,52)53)13-15-35(34)42(37)19-21-55-23-22-54-20-16-38(43)44/h7,10-15,26-28H,6,8-9,16-25H2,1-5H3,(H3-,43,44,45,46,47,48,49,50,51,52,53)/p-2. The molecular formula is C40H52N2O14S3-2. The minimum absolute atomic E-state index is 0.0245. The molecule has 4 rings (SSSR count). The average Bonchev–Trinajstić information content (AvgIpc) is 3.34. The second-order valence-corrected chi connectivity index (χ2v) is 19.9. The van der Waals surface area contributed by atoms with Crippen LogP contribution in [-0.2, 0) is 55.5 Å². The van der Waals surface area contributed by atoms with Gasteiger partial charge in [-0.3, -0.25) is 4.79 Å². The number of ether oxygens (including phenoxy) is 2. The van der Waals surface area contributed by atoms with Crippen molar-refractivity contribution < 1.29 is 62.7 Å². The minimum atomic E-state index is -4.87. The van der Waals surface area contributed by atoms with Crippen molar-refractivity contribution in [2.24, 2.45) is 0 Å². The van der Waals surface area contributed by atoms with E-state index in [4.69, 9.17) is 19.0 Å². The Hall–Kier alpha value is -3.95. The van der Waals surface area contributed by atoms with Gasteiger partial charge in [0.1, 0.15) is 34.7 Å². The summed E-state index contributed by atoms with van der Waals surface area (Å²) in [6.45, 7) is 11.5. The number of aliphatic carboxylic acids is 1. The van der Waals surface area contributed by atoms with Crippen LogP contribution in [-0.4, -0.2) is 108 Å². The summed E-state index contributed by atoms with van der Waals surface area (Å²) in [4.78, 5) is 12.2. The normalized spacial score (nSPS) is 17.6. The van der Waals surface area contributed by atoms with Crippen LogP contribution in [0.4, 0.5) is 5.69 Å². The fourth-order valence-electron chi connectivity index (χ4n) is 7.16. The molecule has 19 heteroatoms. The third-order valence-corrected chi connectivity index (χ3v) is 12.4. The van der Waals surface area contributed by atoms with Gasteiger partial charge >= 0.3 is 5.97 Å². The van der Waals surface area contributed by atoms with Crippen molar-refractivity contribution in [1.29, 1.82) is 0 Å². The summed E-state index contributed by atoms with van der Waals surface area (Å²) < 4.78 is 125. The molecule has 3 aliphatic rings. The van der Waals surface area contributed by atoms with E-state index in [-0.39, 0.29) is 64.1 Å². The van der Waals surface area contributed by atoms with Gasteiger partial charge in [-0.1, -0.05) is 26.8 Å². The first kappa shape index (κ1) is 47.7. The quantitative estimate of drug-likeness (QED) is 0.0908. The zero-order valence-corrected chi connectivity index (χ0v) is 36.3. The van der Waals surface area contributed by atoms with Crippen LogP contribution in [0.2, 0.25) is 0 Å². The van der Waals surface area contributed by atoms with Gasteiger partial charge in [-0.15, -0.1) is 0 Å². The fourth-order valence-corrected chi connectivity index (χ4v) is 8.64. The summed E-state index contributed by atoms with van der Waals surface area (Å²) in [6.07, 6.45) is 5.31. The number of allylic oxidation sites excluding steroid dienone is 3. The lowest BCUT2D eigenvalue weighted by molar-refractivity contribution is -0.138. The molecule has 1 unspecified atom stereocenters. The maximum atomic E-state index is 12.2. The predicted molar refractivity (Wildman–Crippen MR) is 218 cm³/mol. The van der Waals surface area contributed by atoms with Crippen LogP contribution in [0.15, 0.2) is 69.6 Å². The van der Waals surface area contributed by atoms with Crippen molar-refractivity contribution >= 4 is 48.1 Å². The van der Waals surface area contributed by atoms with Gasteiger partial charge in [0, 0.05) is 52.9 Å². The molecule has 1 aromatic rings. The number of hydrogen-bond acceptors (Lipinski definition) is 14. The molecule has 2 aliphatic heterocycles. The number of anilines is 1. The summed E-state index contributed by atoms with van der Waals surface area (Å²) in [6, 6.07) is 11.6. The Morgan fingerprint density at radius 2 is 1.58 bits per heavy atom. The molecule has 16 nitrogen and oxygen atoms in total. The number of fused-ring (bicyclic) bond motifs is 2. The van der Waals surface area contributed by atoms with E-state index in [9.17, 15) is 43.7 Å². The predicted octanol–water partition coefficient (Wildman–Crippen LogP) is 3.82. The van der Waals surface area contributed by atoms with Crippen LogP contribution in [0.1, 0.15) is 77.2 Å². The van der Waals surface area contributed by atoms with E-state index in [2.05, 4.69) is 20.8 Å². The van der Waals surface area contributed by atoms with Gasteiger partial charge in [0.15, 0.2) is 0 Å². The fraction of sp³-hybridized carbons (Fsp3) is 0.500. The lowest BCUT2D eigenvalue weighted by Gasteiger charge is -2.30. The van der Waals surface area contributed by atoms with Gasteiger partial charge in [-0.2, -0.15) is 0 Å². The molecule has 0 aromatic heterocycles. The number of carboxylic acid groups (broad SMARTS) is 1. The number of benzene rings is 2. The maximum Gasteiger partial charge on any atom is 0.305 e. The Balaban J connectivity index is 1.79. The van der Waals surface area contributed by atoms with Crippen LogP contribution in [0.25, 0.3) is 17.4 Å². The first-order chi connectivity index (χ1) is 27.4. The van der Waals surface area contributed by atoms with Crippen LogP contribution in [0.5, 0.6) is 0 Å². The average molecular weight is 881 g/mol. The molecule has 2 heterocycles. The third-order valence-electron chi connectivity index (χ3n) is 10.0. The van der Waals surface area contributed by atoms with Gasteiger partial charge in [-0.05, 0) is 85.7 Å². The molecule has 0 saturated carbocycles. The van der Waals surface area contributed by atoms with Crippen molar-refractivity contribution in [3.63, 3.8) is 0 Å². The molecule has 1 aromatic carbocycles.